The van der Waals surface area contributed by atoms with Crippen LogP contribution in [0.4, 0.5) is 11.4 Å². The number of rotatable bonds is 3. The molecule has 0 aromatic heterocycles. The molecule has 2 amide bonds. The van der Waals surface area contributed by atoms with Crippen LogP contribution >= 0.6 is 12.4 Å². The molecule has 0 radical (unpaired) electrons. The summed E-state index contributed by atoms with van der Waals surface area (Å²) < 4.78 is 0. The van der Waals surface area contributed by atoms with Crippen molar-refractivity contribution in [3.05, 3.63) is 23.8 Å². The SMILES string of the molecule is CC(=O)Nc1cc(NC(=O)[C@@H]2CCCN2)ccc1C.Cl. The van der Waals surface area contributed by atoms with Gasteiger partial charge < -0.3 is 16.0 Å². The first-order valence-corrected chi connectivity index (χ1v) is 6.49. The van der Waals surface area contributed by atoms with Gasteiger partial charge in [-0.2, -0.15) is 0 Å². The van der Waals surface area contributed by atoms with E-state index >= 15 is 0 Å². The Hall–Kier alpha value is -1.59. The summed E-state index contributed by atoms with van der Waals surface area (Å²) in [6.07, 6.45) is 1.90. The van der Waals surface area contributed by atoms with Crippen LogP contribution < -0.4 is 16.0 Å². The lowest BCUT2D eigenvalue weighted by molar-refractivity contribution is -0.117. The molecule has 0 saturated carbocycles. The molecule has 0 bridgehead atoms. The van der Waals surface area contributed by atoms with Gasteiger partial charge in [0.1, 0.15) is 0 Å². The quantitative estimate of drug-likeness (QED) is 0.800. The fourth-order valence-electron chi connectivity index (χ4n) is 2.16. The summed E-state index contributed by atoms with van der Waals surface area (Å²) in [5.41, 5.74) is 2.39. The molecule has 20 heavy (non-hydrogen) atoms. The maximum Gasteiger partial charge on any atom is 0.241 e. The fraction of sp³-hybridized carbons (Fsp3) is 0.429. The lowest BCUT2D eigenvalue weighted by Crippen LogP contribution is -2.35. The van der Waals surface area contributed by atoms with Crippen molar-refractivity contribution in [2.45, 2.75) is 32.7 Å². The average Bonchev–Trinajstić information content (AvgIpc) is 2.86. The van der Waals surface area contributed by atoms with Gasteiger partial charge in [-0.3, -0.25) is 9.59 Å². The highest BCUT2D eigenvalue weighted by molar-refractivity contribution is 5.96. The van der Waals surface area contributed by atoms with Crippen molar-refractivity contribution in [2.75, 3.05) is 17.2 Å². The van der Waals surface area contributed by atoms with Gasteiger partial charge >= 0.3 is 0 Å². The largest absolute Gasteiger partial charge is 0.326 e. The van der Waals surface area contributed by atoms with E-state index in [1.807, 2.05) is 19.1 Å². The van der Waals surface area contributed by atoms with Crippen LogP contribution in [0.3, 0.4) is 0 Å². The molecule has 0 aliphatic carbocycles. The Morgan fingerprint density at radius 1 is 1.30 bits per heavy atom. The molecule has 1 saturated heterocycles. The van der Waals surface area contributed by atoms with Gasteiger partial charge in [0.25, 0.3) is 0 Å². The van der Waals surface area contributed by atoms with Crippen molar-refractivity contribution in [3.8, 4) is 0 Å². The molecule has 6 heteroatoms. The Kier molecular flexibility index (Phi) is 5.98. The minimum absolute atomic E-state index is 0. The van der Waals surface area contributed by atoms with Crippen LogP contribution in [-0.2, 0) is 9.59 Å². The van der Waals surface area contributed by atoms with Crippen LogP contribution in [-0.4, -0.2) is 24.4 Å². The number of nitrogens with one attached hydrogen (secondary N) is 3. The number of carbonyl (C=O) groups excluding carboxylic acids is 2. The third-order valence-corrected chi connectivity index (χ3v) is 3.19. The maximum absolute atomic E-state index is 12.0. The molecule has 1 atom stereocenters. The van der Waals surface area contributed by atoms with E-state index in [0.29, 0.717) is 5.69 Å². The molecule has 5 nitrogen and oxygen atoms in total. The van der Waals surface area contributed by atoms with Crippen LogP contribution in [0.25, 0.3) is 0 Å². The Bertz CT molecular complexity index is 499. The number of carbonyl (C=O) groups is 2. The van der Waals surface area contributed by atoms with Gasteiger partial charge in [-0.05, 0) is 44.0 Å². The summed E-state index contributed by atoms with van der Waals surface area (Å²) in [6, 6.07) is 5.39. The molecule has 110 valence electrons. The predicted octanol–water partition coefficient (Wildman–Crippen LogP) is 2.07. The lowest BCUT2D eigenvalue weighted by Gasteiger charge is -2.13. The highest BCUT2D eigenvalue weighted by Crippen LogP contribution is 2.21. The first-order valence-electron chi connectivity index (χ1n) is 6.49. The second-order valence-electron chi connectivity index (χ2n) is 4.85. The number of benzene rings is 1. The maximum atomic E-state index is 12.0. The van der Waals surface area contributed by atoms with Crippen molar-refractivity contribution in [2.24, 2.45) is 0 Å². The normalized spacial score (nSPS) is 17.2. The van der Waals surface area contributed by atoms with E-state index < -0.39 is 0 Å². The number of aryl methyl sites for hydroxylation is 1. The number of hydrogen-bond acceptors (Lipinski definition) is 3. The molecule has 1 heterocycles. The monoisotopic (exact) mass is 297 g/mol. The van der Waals surface area contributed by atoms with Crippen LogP contribution in [0.1, 0.15) is 25.3 Å². The van der Waals surface area contributed by atoms with Crippen LogP contribution in [0.15, 0.2) is 18.2 Å². The van der Waals surface area contributed by atoms with E-state index in [1.165, 1.54) is 6.92 Å². The summed E-state index contributed by atoms with van der Waals surface area (Å²) in [5, 5.41) is 8.78. The molecule has 0 spiro atoms. The van der Waals surface area contributed by atoms with Crippen molar-refractivity contribution in [3.63, 3.8) is 0 Å². The third-order valence-electron chi connectivity index (χ3n) is 3.19. The predicted molar refractivity (Wildman–Crippen MR) is 82.4 cm³/mol. The van der Waals surface area contributed by atoms with Crippen molar-refractivity contribution in [1.82, 2.24) is 5.32 Å². The van der Waals surface area contributed by atoms with E-state index in [4.69, 9.17) is 0 Å². The van der Waals surface area contributed by atoms with E-state index in [9.17, 15) is 9.59 Å². The van der Waals surface area contributed by atoms with Gasteiger partial charge in [0.2, 0.25) is 11.8 Å². The van der Waals surface area contributed by atoms with Gasteiger partial charge in [-0.25, -0.2) is 0 Å². The molecular formula is C14H20ClN3O2. The lowest BCUT2D eigenvalue weighted by atomic mass is 10.1. The summed E-state index contributed by atoms with van der Waals surface area (Å²) in [4.78, 5) is 23.1. The van der Waals surface area contributed by atoms with E-state index in [-0.39, 0.29) is 30.3 Å². The van der Waals surface area contributed by atoms with Crippen molar-refractivity contribution < 1.29 is 9.59 Å². The number of halogens is 1. The number of anilines is 2. The van der Waals surface area contributed by atoms with Crippen molar-refractivity contribution in [1.29, 1.82) is 0 Å². The minimum Gasteiger partial charge on any atom is -0.326 e. The Labute approximate surface area is 124 Å². The summed E-state index contributed by atoms with van der Waals surface area (Å²) in [6.45, 7) is 4.27. The zero-order valence-corrected chi connectivity index (χ0v) is 12.5. The molecule has 1 aliphatic rings. The first-order chi connectivity index (χ1) is 9.06. The molecule has 1 aromatic carbocycles. The first kappa shape index (κ1) is 16.5. The summed E-state index contributed by atoms with van der Waals surface area (Å²) >= 11 is 0. The highest BCUT2D eigenvalue weighted by atomic mass is 35.5. The number of hydrogen-bond donors (Lipinski definition) is 3. The van der Waals surface area contributed by atoms with E-state index in [2.05, 4.69) is 16.0 Å². The smallest absolute Gasteiger partial charge is 0.241 e. The molecule has 1 aliphatic heterocycles. The van der Waals surface area contributed by atoms with Crippen LogP contribution in [0, 0.1) is 6.92 Å². The molecule has 0 unspecified atom stereocenters. The average molecular weight is 298 g/mol. The van der Waals surface area contributed by atoms with E-state index in [1.54, 1.807) is 6.07 Å². The fourth-order valence-corrected chi connectivity index (χ4v) is 2.16. The summed E-state index contributed by atoms with van der Waals surface area (Å²) in [5.74, 6) is -0.140. The standard InChI is InChI=1S/C14H19N3O2.ClH/c1-9-5-6-11(8-13(9)16-10(2)18)17-14(19)12-4-3-7-15-12;/h5-6,8,12,15H,3-4,7H2,1-2H3,(H,16,18)(H,17,19);1H/t12-;/m0./s1. The van der Waals surface area contributed by atoms with E-state index in [0.717, 1.165) is 30.6 Å². The molecule has 1 fully saturated rings. The van der Waals surface area contributed by atoms with Gasteiger partial charge in [0.15, 0.2) is 0 Å². The highest BCUT2D eigenvalue weighted by Gasteiger charge is 2.21. The molecule has 2 rings (SSSR count). The zero-order chi connectivity index (χ0) is 13.8. The van der Waals surface area contributed by atoms with Gasteiger partial charge in [-0.1, -0.05) is 6.07 Å². The van der Waals surface area contributed by atoms with Gasteiger partial charge in [-0.15, -0.1) is 12.4 Å². The topological polar surface area (TPSA) is 70.2 Å². The second kappa shape index (κ2) is 7.26. The molecular weight excluding hydrogens is 278 g/mol. The van der Waals surface area contributed by atoms with Gasteiger partial charge in [0.05, 0.1) is 6.04 Å². The molecule has 3 N–H and O–H groups in total. The van der Waals surface area contributed by atoms with Gasteiger partial charge in [0, 0.05) is 18.3 Å². The summed E-state index contributed by atoms with van der Waals surface area (Å²) in [7, 11) is 0. The second-order valence-corrected chi connectivity index (χ2v) is 4.85. The Balaban J connectivity index is 0.00000200. The third kappa shape index (κ3) is 4.21. The Morgan fingerprint density at radius 3 is 2.65 bits per heavy atom. The number of amides is 2. The Morgan fingerprint density at radius 2 is 2.05 bits per heavy atom. The van der Waals surface area contributed by atoms with Crippen LogP contribution in [0.5, 0.6) is 0 Å². The van der Waals surface area contributed by atoms with Crippen LogP contribution in [0.2, 0.25) is 0 Å². The zero-order valence-electron chi connectivity index (χ0n) is 11.7. The van der Waals surface area contributed by atoms with Crippen molar-refractivity contribution >= 4 is 35.6 Å². The molecule has 1 aromatic rings. The minimum atomic E-state index is -0.121.